The van der Waals surface area contributed by atoms with E-state index in [1.807, 2.05) is 18.2 Å². The molecule has 4 heteroatoms. The Balaban J connectivity index is 2.30. The van der Waals surface area contributed by atoms with E-state index in [-0.39, 0.29) is 5.91 Å². The van der Waals surface area contributed by atoms with Gasteiger partial charge in [-0.2, -0.15) is 0 Å². The quantitative estimate of drug-likeness (QED) is 0.348. The number of amides is 1. The molecule has 1 aromatic carbocycles. The third kappa shape index (κ3) is 4.85. The number of hydrazine groups is 1. The van der Waals surface area contributed by atoms with Crippen LogP contribution in [-0.4, -0.2) is 11.2 Å². The average Bonchev–Trinajstić information content (AvgIpc) is 2.27. The lowest BCUT2D eigenvalue weighted by molar-refractivity contribution is -0.121. The van der Waals surface area contributed by atoms with E-state index in [0.717, 1.165) is 6.42 Å². The summed E-state index contributed by atoms with van der Waals surface area (Å²) in [5.74, 6) is 4.90. The number of hydrogen-bond donors (Lipinski definition) is 2. The van der Waals surface area contributed by atoms with E-state index in [9.17, 15) is 4.79 Å². The highest BCUT2D eigenvalue weighted by atomic mass is 32.2. The van der Waals surface area contributed by atoms with Crippen molar-refractivity contribution in [3.05, 3.63) is 30.3 Å². The van der Waals surface area contributed by atoms with Crippen molar-refractivity contribution < 1.29 is 4.79 Å². The fourth-order valence-corrected chi connectivity index (χ4v) is 2.21. The summed E-state index contributed by atoms with van der Waals surface area (Å²) in [6.07, 6.45) is 1.32. The second-order valence-corrected chi connectivity index (χ2v) is 4.86. The molecule has 1 atom stereocenters. The number of nitrogens with one attached hydrogen (secondary N) is 1. The van der Waals surface area contributed by atoms with Crippen LogP contribution in [0.5, 0.6) is 0 Å². The summed E-state index contributed by atoms with van der Waals surface area (Å²) in [4.78, 5) is 12.2. The highest BCUT2D eigenvalue weighted by molar-refractivity contribution is 7.99. The van der Waals surface area contributed by atoms with Crippen molar-refractivity contribution in [3.8, 4) is 0 Å². The molecule has 1 aromatic rings. The molecule has 1 amide bonds. The zero-order valence-electron chi connectivity index (χ0n) is 8.77. The number of thioether (sulfide) groups is 1. The second-order valence-electron chi connectivity index (χ2n) is 3.35. The predicted molar refractivity (Wildman–Crippen MR) is 63.3 cm³/mol. The lowest BCUT2D eigenvalue weighted by atomic mass is 10.2. The second kappa shape index (κ2) is 6.48. The molecular weight excluding hydrogens is 208 g/mol. The Morgan fingerprint density at radius 2 is 2.13 bits per heavy atom. The van der Waals surface area contributed by atoms with Crippen molar-refractivity contribution in [2.24, 2.45) is 5.84 Å². The molecule has 0 heterocycles. The Morgan fingerprint density at radius 3 is 2.73 bits per heavy atom. The molecule has 0 aliphatic carbocycles. The fourth-order valence-electron chi connectivity index (χ4n) is 1.20. The Bertz CT molecular complexity index is 303. The first-order valence-electron chi connectivity index (χ1n) is 4.93. The van der Waals surface area contributed by atoms with E-state index in [2.05, 4.69) is 24.5 Å². The van der Waals surface area contributed by atoms with Crippen LogP contribution in [0.2, 0.25) is 0 Å². The number of carbonyl (C=O) groups is 1. The maximum absolute atomic E-state index is 10.9. The van der Waals surface area contributed by atoms with E-state index in [1.54, 1.807) is 11.8 Å². The molecule has 0 saturated carbocycles. The van der Waals surface area contributed by atoms with Crippen molar-refractivity contribution in [1.82, 2.24) is 5.43 Å². The van der Waals surface area contributed by atoms with Gasteiger partial charge >= 0.3 is 0 Å². The van der Waals surface area contributed by atoms with Gasteiger partial charge in [0.25, 0.3) is 0 Å². The molecule has 15 heavy (non-hydrogen) atoms. The maximum atomic E-state index is 10.9. The minimum Gasteiger partial charge on any atom is -0.294 e. The topological polar surface area (TPSA) is 55.1 Å². The van der Waals surface area contributed by atoms with Gasteiger partial charge in [-0.1, -0.05) is 25.1 Å². The monoisotopic (exact) mass is 224 g/mol. The van der Waals surface area contributed by atoms with Gasteiger partial charge in [-0.15, -0.1) is 11.8 Å². The summed E-state index contributed by atoms with van der Waals surface area (Å²) in [5.41, 5.74) is 2.14. The molecule has 1 unspecified atom stereocenters. The summed E-state index contributed by atoms with van der Waals surface area (Å²) in [6, 6.07) is 10.2. The van der Waals surface area contributed by atoms with Crippen LogP contribution in [0.1, 0.15) is 19.8 Å². The molecule has 0 spiro atoms. The summed E-state index contributed by atoms with van der Waals surface area (Å²) < 4.78 is 0. The first kappa shape index (κ1) is 12.1. The number of carbonyl (C=O) groups excluding carboxylic acids is 1. The maximum Gasteiger partial charge on any atom is 0.233 e. The van der Waals surface area contributed by atoms with Crippen molar-refractivity contribution in [1.29, 1.82) is 0 Å². The SMILES string of the molecule is CC(CCC(=O)NN)Sc1ccccc1. The molecule has 1 rings (SSSR count). The van der Waals surface area contributed by atoms with Gasteiger partial charge in [0, 0.05) is 16.6 Å². The van der Waals surface area contributed by atoms with Crippen LogP contribution in [0.3, 0.4) is 0 Å². The number of nitrogens with two attached hydrogens (primary N) is 1. The van der Waals surface area contributed by atoms with Crippen molar-refractivity contribution in [2.45, 2.75) is 29.9 Å². The number of rotatable bonds is 5. The zero-order chi connectivity index (χ0) is 11.1. The van der Waals surface area contributed by atoms with Gasteiger partial charge in [-0.25, -0.2) is 5.84 Å². The lowest BCUT2D eigenvalue weighted by Crippen LogP contribution is -2.30. The van der Waals surface area contributed by atoms with Gasteiger partial charge in [0.05, 0.1) is 0 Å². The molecular formula is C11H16N2OS. The smallest absolute Gasteiger partial charge is 0.233 e. The van der Waals surface area contributed by atoms with Crippen LogP contribution in [-0.2, 0) is 4.79 Å². The van der Waals surface area contributed by atoms with E-state index in [1.165, 1.54) is 4.90 Å². The van der Waals surface area contributed by atoms with Crippen molar-refractivity contribution in [2.75, 3.05) is 0 Å². The first-order valence-corrected chi connectivity index (χ1v) is 5.81. The van der Waals surface area contributed by atoms with Crippen molar-refractivity contribution in [3.63, 3.8) is 0 Å². The molecule has 0 radical (unpaired) electrons. The van der Waals surface area contributed by atoms with Gasteiger partial charge in [0.15, 0.2) is 0 Å². The standard InChI is InChI=1S/C11H16N2OS/c1-9(7-8-11(14)13-12)15-10-5-3-2-4-6-10/h2-6,9H,7-8,12H2,1H3,(H,13,14). The Labute approximate surface area is 94.4 Å². The largest absolute Gasteiger partial charge is 0.294 e. The Hall–Kier alpha value is -1.00. The van der Waals surface area contributed by atoms with Gasteiger partial charge in [0.1, 0.15) is 0 Å². The number of hydrogen-bond acceptors (Lipinski definition) is 3. The molecule has 0 aliphatic rings. The van der Waals surface area contributed by atoms with E-state index in [0.29, 0.717) is 11.7 Å². The molecule has 0 fully saturated rings. The fraction of sp³-hybridized carbons (Fsp3) is 0.364. The normalized spacial score (nSPS) is 12.1. The Morgan fingerprint density at radius 1 is 1.47 bits per heavy atom. The summed E-state index contributed by atoms with van der Waals surface area (Å²) in [6.45, 7) is 2.11. The van der Waals surface area contributed by atoms with Gasteiger partial charge in [-0.3, -0.25) is 10.2 Å². The molecule has 0 aliphatic heterocycles. The van der Waals surface area contributed by atoms with E-state index in [4.69, 9.17) is 5.84 Å². The van der Waals surface area contributed by atoms with Crippen LogP contribution in [0, 0.1) is 0 Å². The van der Waals surface area contributed by atoms with Gasteiger partial charge < -0.3 is 0 Å². The highest BCUT2D eigenvalue weighted by Gasteiger charge is 2.06. The first-order chi connectivity index (χ1) is 7.22. The summed E-state index contributed by atoms with van der Waals surface area (Å²) >= 11 is 1.78. The summed E-state index contributed by atoms with van der Waals surface area (Å²) in [7, 11) is 0. The number of benzene rings is 1. The molecule has 82 valence electrons. The predicted octanol–water partition coefficient (Wildman–Crippen LogP) is 1.94. The van der Waals surface area contributed by atoms with E-state index < -0.39 is 0 Å². The molecule has 0 bridgehead atoms. The third-order valence-electron chi connectivity index (χ3n) is 2.02. The van der Waals surface area contributed by atoms with Crippen LogP contribution < -0.4 is 11.3 Å². The van der Waals surface area contributed by atoms with Gasteiger partial charge in [-0.05, 0) is 18.6 Å². The minimum absolute atomic E-state index is 0.101. The third-order valence-corrected chi connectivity index (χ3v) is 3.20. The van der Waals surface area contributed by atoms with E-state index >= 15 is 0 Å². The van der Waals surface area contributed by atoms with Crippen LogP contribution >= 0.6 is 11.8 Å². The zero-order valence-corrected chi connectivity index (χ0v) is 9.59. The lowest BCUT2D eigenvalue weighted by Gasteiger charge is -2.09. The van der Waals surface area contributed by atoms with Crippen LogP contribution in [0.4, 0.5) is 0 Å². The molecule has 0 aromatic heterocycles. The van der Waals surface area contributed by atoms with Gasteiger partial charge in [0.2, 0.25) is 5.91 Å². The van der Waals surface area contributed by atoms with Crippen molar-refractivity contribution >= 4 is 17.7 Å². The molecule has 3 N–H and O–H groups in total. The molecule has 0 saturated heterocycles. The average molecular weight is 224 g/mol. The van der Waals surface area contributed by atoms with Crippen LogP contribution in [0.25, 0.3) is 0 Å². The summed E-state index contributed by atoms with van der Waals surface area (Å²) in [5, 5.41) is 0.421. The minimum atomic E-state index is -0.101. The van der Waals surface area contributed by atoms with Crippen LogP contribution in [0.15, 0.2) is 35.2 Å². The highest BCUT2D eigenvalue weighted by Crippen LogP contribution is 2.25. The Kier molecular flexibility index (Phi) is 5.21. The molecule has 3 nitrogen and oxygen atoms in total.